The molecule has 0 spiro atoms. The molecule has 10 heteroatoms. The van der Waals surface area contributed by atoms with Gasteiger partial charge in [0.1, 0.15) is 5.76 Å². The lowest BCUT2D eigenvalue weighted by molar-refractivity contribution is -0.359. The minimum absolute atomic E-state index is 0.0747. The van der Waals surface area contributed by atoms with Crippen LogP contribution in [0.2, 0.25) is 0 Å². The molecule has 0 atom stereocenters. The van der Waals surface area contributed by atoms with Crippen molar-refractivity contribution in [2.75, 3.05) is 17.3 Å². The summed E-state index contributed by atoms with van der Waals surface area (Å²) in [5.41, 5.74) is 8.78. The fourth-order valence-corrected chi connectivity index (χ4v) is 3.38. The average Bonchev–Trinajstić information content (AvgIpc) is 3.15. The summed E-state index contributed by atoms with van der Waals surface area (Å²) in [6.07, 6.45) is 6.17. The van der Waals surface area contributed by atoms with Gasteiger partial charge in [-0.05, 0) is 30.0 Å². The largest absolute Gasteiger partial charge is 0.748 e. The molecule has 0 radical (unpaired) electrons. The lowest BCUT2D eigenvalue weighted by atomic mass is 9.69. The van der Waals surface area contributed by atoms with Gasteiger partial charge in [-0.15, -0.1) is 0 Å². The number of nitrogens with one attached hydrogen (secondary N) is 2. The van der Waals surface area contributed by atoms with E-state index in [2.05, 4.69) is 22.4 Å². The molecule has 2 heterocycles. The van der Waals surface area contributed by atoms with Gasteiger partial charge >= 0.3 is 0 Å². The predicted molar refractivity (Wildman–Crippen MR) is 119 cm³/mol. The van der Waals surface area contributed by atoms with Crippen LogP contribution in [0.15, 0.2) is 53.2 Å². The van der Waals surface area contributed by atoms with Crippen molar-refractivity contribution in [3.05, 3.63) is 60.0 Å². The zero-order valence-electron chi connectivity index (χ0n) is 17.9. The van der Waals surface area contributed by atoms with Crippen LogP contribution in [-0.4, -0.2) is 30.3 Å². The number of nitrogens with two attached hydrogens (primary N) is 1. The van der Waals surface area contributed by atoms with Crippen LogP contribution in [0.1, 0.15) is 37.5 Å². The highest BCUT2D eigenvalue weighted by atomic mass is 32.2. The number of nitrogens with zero attached hydrogens (tertiary/aromatic N) is 1. The maximum atomic E-state index is 12.3. The molecular weight excluding hydrogens is 432 g/mol. The second-order valence-electron chi connectivity index (χ2n) is 8.15. The molecular formula is C22H26N4O5S. The normalized spacial score (nSPS) is 14.6. The van der Waals surface area contributed by atoms with Crippen LogP contribution in [0, 0.1) is 0 Å². The Morgan fingerprint density at radius 1 is 1.22 bits per heavy atom. The lowest BCUT2D eigenvalue weighted by Gasteiger charge is -2.35. The zero-order valence-corrected chi connectivity index (χ0v) is 18.7. The Kier molecular flexibility index (Phi) is 6.95. The average molecular weight is 459 g/mol. The molecule has 170 valence electrons. The first-order valence-electron chi connectivity index (χ1n) is 10.1. The molecule has 1 aliphatic rings. The molecule has 0 aliphatic heterocycles. The quantitative estimate of drug-likeness (QED) is 0.557. The molecule has 1 fully saturated rings. The van der Waals surface area contributed by atoms with Gasteiger partial charge in [-0.2, -0.15) is 0 Å². The van der Waals surface area contributed by atoms with Gasteiger partial charge in [0.2, 0.25) is 5.91 Å². The number of anilines is 2. The molecule has 1 amide bonds. The topological polar surface area (TPSA) is 152 Å². The summed E-state index contributed by atoms with van der Waals surface area (Å²) in [5, 5.41) is 6.81. The second-order valence-corrected chi connectivity index (χ2v) is 9.56. The third-order valence-electron chi connectivity index (χ3n) is 5.32. The third kappa shape index (κ3) is 6.63. The predicted octanol–water partition coefficient (Wildman–Crippen LogP) is 2.52. The molecule has 0 unspecified atom stereocenters. The first kappa shape index (κ1) is 23.4. The van der Waals surface area contributed by atoms with Gasteiger partial charge in [0.25, 0.3) is 5.82 Å². The van der Waals surface area contributed by atoms with E-state index < -0.39 is 10.1 Å². The van der Waals surface area contributed by atoms with E-state index in [0.717, 1.165) is 35.3 Å². The lowest BCUT2D eigenvalue weighted by Crippen LogP contribution is -2.29. The summed E-state index contributed by atoms with van der Waals surface area (Å²) in [6.45, 7) is 2.17. The number of H-pyrrole nitrogens is 1. The van der Waals surface area contributed by atoms with E-state index in [4.69, 9.17) is 23.2 Å². The summed E-state index contributed by atoms with van der Waals surface area (Å²) in [7, 11) is -3.92. The maximum absolute atomic E-state index is 12.3. The van der Waals surface area contributed by atoms with E-state index in [-0.39, 0.29) is 17.7 Å². The van der Waals surface area contributed by atoms with E-state index in [1.54, 1.807) is 0 Å². The minimum atomic E-state index is -3.92. The van der Waals surface area contributed by atoms with Gasteiger partial charge in [0.15, 0.2) is 5.82 Å². The van der Waals surface area contributed by atoms with Gasteiger partial charge in [0.05, 0.1) is 22.7 Å². The number of rotatable bonds is 5. The Hall–Kier alpha value is -3.24. The first-order valence-corrected chi connectivity index (χ1v) is 11.9. The fourth-order valence-electron chi connectivity index (χ4n) is 3.38. The third-order valence-corrected chi connectivity index (χ3v) is 5.32. The summed E-state index contributed by atoms with van der Waals surface area (Å²) in [4.78, 5) is 15.3. The number of benzene rings is 1. The van der Waals surface area contributed by atoms with Crippen LogP contribution in [0.4, 0.5) is 11.6 Å². The van der Waals surface area contributed by atoms with Crippen molar-refractivity contribution in [3.63, 3.8) is 0 Å². The smallest absolute Gasteiger partial charge is 0.270 e. The van der Waals surface area contributed by atoms with Crippen molar-refractivity contribution < 1.29 is 27.3 Å². The Morgan fingerprint density at radius 3 is 2.38 bits per heavy atom. The number of carbonyl (C=O) groups is 1. The number of carbonyl (C=O) groups excluding carboxylic acids is 1. The van der Waals surface area contributed by atoms with Crippen LogP contribution in [0.3, 0.4) is 0 Å². The standard InChI is InChI=1S/C21H22N4O2.CH4O3S/c1-21(9-2-10-21)17-12-19(25-27-17)24-20(26)11-14-3-5-15(6-4-14)16-7-8-18(22)23-13-16;1-5(2,3)4/h3-8,12-13H,2,9-11H2,1H3,(H2,22,23)(H,24,25,26);1H3,(H,2,3,4). The highest BCUT2D eigenvalue weighted by molar-refractivity contribution is 7.84. The minimum Gasteiger partial charge on any atom is -0.748 e. The summed E-state index contributed by atoms with van der Waals surface area (Å²) < 4.78 is 32.6. The molecule has 1 aromatic carbocycles. The number of hydrogen-bond donors (Lipinski definition) is 2. The molecule has 1 aliphatic carbocycles. The van der Waals surface area contributed by atoms with Crippen molar-refractivity contribution in [2.24, 2.45) is 0 Å². The summed E-state index contributed by atoms with van der Waals surface area (Å²) in [6, 6.07) is 13.5. The molecule has 32 heavy (non-hydrogen) atoms. The van der Waals surface area contributed by atoms with E-state index in [1.165, 1.54) is 6.42 Å². The zero-order chi connectivity index (χ0) is 23.4. The molecule has 3 aromatic rings. The number of aromatic nitrogens is 2. The van der Waals surface area contributed by atoms with Crippen LogP contribution in [-0.2, 0) is 26.7 Å². The van der Waals surface area contributed by atoms with E-state index in [9.17, 15) is 4.79 Å². The SMILES string of the molecule is CC1(c2cc(NC(=O)Cc3ccc(-c4ccc(N)[nH+]c4)cc3)no2)CCC1.CS(=O)(=O)[O-]. The van der Waals surface area contributed by atoms with Crippen molar-refractivity contribution in [1.82, 2.24) is 5.16 Å². The van der Waals surface area contributed by atoms with E-state index >= 15 is 0 Å². The second kappa shape index (κ2) is 9.49. The van der Waals surface area contributed by atoms with E-state index in [1.807, 2.05) is 48.7 Å². The number of hydrogen-bond acceptors (Lipinski definition) is 7. The molecule has 4 rings (SSSR count). The Labute approximate surface area is 186 Å². The summed E-state index contributed by atoms with van der Waals surface area (Å²) >= 11 is 0. The molecule has 0 saturated heterocycles. The number of nitrogen functional groups attached to an aromatic ring is 1. The maximum Gasteiger partial charge on any atom is 0.270 e. The molecule has 4 N–H and O–H groups in total. The van der Waals surface area contributed by atoms with Crippen molar-refractivity contribution in [1.29, 1.82) is 0 Å². The monoisotopic (exact) mass is 458 g/mol. The van der Waals surface area contributed by atoms with Crippen LogP contribution in [0.5, 0.6) is 0 Å². The highest BCUT2D eigenvalue weighted by Crippen LogP contribution is 2.43. The Bertz CT molecular complexity index is 1160. The number of amides is 1. The number of aromatic amines is 1. The van der Waals surface area contributed by atoms with Gasteiger partial charge in [0, 0.05) is 29.4 Å². The van der Waals surface area contributed by atoms with Crippen LogP contribution >= 0.6 is 0 Å². The van der Waals surface area contributed by atoms with E-state index in [0.29, 0.717) is 17.9 Å². The van der Waals surface area contributed by atoms with Gasteiger partial charge in [-0.3, -0.25) is 10.5 Å². The first-order chi connectivity index (χ1) is 15.0. The number of pyridine rings is 1. The van der Waals surface area contributed by atoms with Crippen molar-refractivity contribution in [2.45, 2.75) is 38.0 Å². The van der Waals surface area contributed by atoms with Crippen LogP contribution < -0.4 is 16.0 Å². The molecule has 9 nitrogen and oxygen atoms in total. The van der Waals surface area contributed by atoms with Gasteiger partial charge in [-0.1, -0.05) is 42.8 Å². The van der Waals surface area contributed by atoms with Crippen molar-refractivity contribution >= 4 is 27.7 Å². The van der Waals surface area contributed by atoms with Gasteiger partial charge < -0.3 is 14.4 Å². The Balaban J connectivity index is 0.000000523. The molecule has 1 saturated carbocycles. The summed E-state index contributed by atoms with van der Waals surface area (Å²) in [5.74, 6) is 1.85. The highest BCUT2D eigenvalue weighted by Gasteiger charge is 2.37. The Morgan fingerprint density at radius 2 is 1.84 bits per heavy atom. The van der Waals surface area contributed by atoms with Gasteiger partial charge in [-0.25, -0.2) is 13.4 Å². The molecule has 2 aromatic heterocycles. The van der Waals surface area contributed by atoms with Crippen molar-refractivity contribution in [3.8, 4) is 11.1 Å². The fraction of sp³-hybridized carbons (Fsp3) is 0.318. The van der Waals surface area contributed by atoms with Crippen LogP contribution in [0.25, 0.3) is 11.1 Å². The molecule has 0 bridgehead atoms.